The lowest BCUT2D eigenvalue weighted by Gasteiger charge is -2.16. The maximum atomic E-state index is 12.6. The normalized spacial score (nSPS) is 15.1. The third-order valence-corrected chi connectivity index (χ3v) is 7.15. The van der Waals surface area contributed by atoms with Crippen LogP contribution in [0.15, 0.2) is 34.7 Å². The van der Waals surface area contributed by atoms with Crippen LogP contribution < -0.4 is 10.9 Å². The summed E-state index contributed by atoms with van der Waals surface area (Å²) in [6.07, 6.45) is 2.89. The van der Waals surface area contributed by atoms with Crippen molar-refractivity contribution < 1.29 is 13.3 Å². The first-order chi connectivity index (χ1) is 13.8. The van der Waals surface area contributed by atoms with Gasteiger partial charge in [-0.2, -0.15) is 9.57 Å². The van der Waals surface area contributed by atoms with Crippen LogP contribution in [-0.4, -0.2) is 35.7 Å². The average molecular weight is 435 g/mol. The molecule has 3 rings (SSSR count). The zero-order valence-corrected chi connectivity index (χ0v) is 17.1. The molecule has 0 saturated carbocycles. The van der Waals surface area contributed by atoms with E-state index in [9.17, 15) is 23.8 Å². The topological polar surface area (TPSA) is 141 Å². The standard InChI is InChI=1S/C17H18N6O4S2/c1-12-11-28-17(20-12)13(9-18)10-19-21-15-5-4-14(8-16(15)23(24)25)29(26,27)22-6-2-3-7-22/h4-5,8,10-11,19,21H,2-3,6-7H2,1H3/b13-10+. The molecule has 0 amide bonds. The minimum absolute atomic E-state index is 0.0687. The van der Waals surface area contributed by atoms with Crippen molar-refractivity contribution in [2.45, 2.75) is 24.7 Å². The van der Waals surface area contributed by atoms with Crippen LogP contribution in [0.4, 0.5) is 11.4 Å². The molecule has 1 aromatic carbocycles. The molecule has 2 N–H and O–H groups in total. The van der Waals surface area contributed by atoms with Gasteiger partial charge in [0.05, 0.1) is 9.82 Å². The number of sulfonamides is 1. The van der Waals surface area contributed by atoms with Crippen LogP contribution in [0.25, 0.3) is 5.57 Å². The highest BCUT2D eigenvalue weighted by molar-refractivity contribution is 7.89. The minimum Gasteiger partial charge on any atom is -0.307 e. The van der Waals surface area contributed by atoms with Crippen LogP contribution in [-0.2, 0) is 10.0 Å². The van der Waals surface area contributed by atoms with Crippen molar-refractivity contribution in [2.75, 3.05) is 18.5 Å². The molecule has 2 aromatic rings. The lowest BCUT2D eigenvalue weighted by Crippen LogP contribution is -2.28. The van der Waals surface area contributed by atoms with Crippen LogP contribution >= 0.6 is 11.3 Å². The van der Waals surface area contributed by atoms with E-state index in [4.69, 9.17) is 0 Å². The van der Waals surface area contributed by atoms with E-state index in [2.05, 4.69) is 15.8 Å². The Kier molecular flexibility index (Phi) is 6.12. The Morgan fingerprint density at radius 3 is 2.72 bits per heavy atom. The lowest BCUT2D eigenvalue weighted by molar-refractivity contribution is -0.384. The second-order valence-electron chi connectivity index (χ2n) is 6.28. The molecule has 1 aromatic heterocycles. The van der Waals surface area contributed by atoms with Gasteiger partial charge in [0.1, 0.15) is 22.3 Å². The third-order valence-electron chi connectivity index (χ3n) is 4.26. The zero-order chi connectivity index (χ0) is 21.0. The van der Waals surface area contributed by atoms with Gasteiger partial charge in [-0.1, -0.05) is 0 Å². The summed E-state index contributed by atoms with van der Waals surface area (Å²) in [5.41, 5.74) is 5.98. The third kappa shape index (κ3) is 4.53. The minimum atomic E-state index is -3.76. The highest BCUT2D eigenvalue weighted by Gasteiger charge is 2.29. The summed E-state index contributed by atoms with van der Waals surface area (Å²) in [5, 5.41) is 23.0. The number of nitro groups is 1. The molecule has 0 atom stereocenters. The number of nitrogens with zero attached hydrogens (tertiary/aromatic N) is 4. The van der Waals surface area contributed by atoms with E-state index in [1.165, 1.54) is 34.0 Å². The quantitative estimate of drug-likeness (QED) is 0.385. The van der Waals surface area contributed by atoms with Crippen molar-refractivity contribution in [2.24, 2.45) is 0 Å². The number of nitrogens with one attached hydrogen (secondary N) is 2. The first-order valence-electron chi connectivity index (χ1n) is 8.66. The summed E-state index contributed by atoms with van der Waals surface area (Å²) in [5.74, 6) is 0. The number of anilines is 1. The highest BCUT2D eigenvalue weighted by Crippen LogP contribution is 2.30. The van der Waals surface area contributed by atoms with Crippen molar-refractivity contribution in [1.29, 1.82) is 5.26 Å². The fourth-order valence-corrected chi connectivity index (χ4v) is 5.11. The van der Waals surface area contributed by atoms with E-state index in [0.29, 0.717) is 18.1 Å². The van der Waals surface area contributed by atoms with Gasteiger partial charge in [-0.25, -0.2) is 13.4 Å². The van der Waals surface area contributed by atoms with Crippen LogP contribution in [0.1, 0.15) is 23.5 Å². The molecule has 1 saturated heterocycles. The summed E-state index contributed by atoms with van der Waals surface area (Å²) >= 11 is 1.30. The van der Waals surface area contributed by atoms with Crippen molar-refractivity contribution >= 4 is 38.3 Å². The maximum Gasteiger partial charge on any atom is 0.295 e. The summed E-state index contributed by atoms with van der Waals surface area (Å²) < 4.78 is 26.6. The van der Waals surface area contributed by atoms with Gasteiger partial charge in [0.2, 0.25) is 10.0 Å². The van der Waals surface area contributed by atoms with E-state index in [1.807, 2.05) is 13.0 Å². The number of hydrogen-bond donors (Lipinski definition) is 2. The van der Waals surface area contributed by atoms with Gasteiger partial charge in [-0.3, -0.25) is 15.5 Å². The van der Waals surface area contributed by atoms with Crippen LogP contribution in [0, 0.1) is 28.4 Å². The molecular weight excluding hydrogens is 416 g/mol. The van der Waals surface area contributed by atoms with Gasteiger partial charge in [0.25, 0.3) is 5.69 Å². The molecule has 2 heterocycles. The zero-order valence-electron chi connectivity index (χ0n) is 15.5. The fraction of sp³-hybridized carbons (Fsp3) is 0.294. The maximum absolute atomic E-state index is 12.6. The molecule has 0 aliphatic carbocycles. The Balaban J connectivity index is 1.82. The Bertz CT molecular complexity index is 1100. The van der Waals surface area contributed by atoms with Crippen LogP contribution in [0.3, 0.4) is 0 Å². The van der Waals surface area contributed by atoms with E-state index in [1.54, 1.807) is 5.38 Å². The molecule has 1 aliphatic heterocycles. The van der Waals surface area contributed by atoms with Crippen molar-refractivity contribution in [1.82, 2.24) is 14.7 Å². The Morgan fingerprint density at radius 2 is 2.14 bits per heavy atom. The second kappa shape index (κ2) is 8.56. The Labute approximate surface area is 171 Å². The van der Waals surface area contributed by atoms with Gasteiger partial charge in [0, 0.05) is 36.4 Å². The summed E-state index contributed by atoms with van der Waals surface area (Å²) in [7, 11) is -3.76. The molecule has 152 valence electrons. The molecule has 10 nitrogen and oxygen atoms in total. The molecular formula is C17H18N6O4S2. The number of nitro benzene ring substituents is 1. The number of aromatic nitrogens is 1. The monoisotopic (exact) mass is 434 g/mol. The number of rotatable bonds is 7. The fourth-order valence-electron chi connectivity index (χ4n) is 2.81. The SMILES string of the molecule is Cc1csc(/C(C#N)=C/NNc2ccc(S(=O)(=O)N3CCCC3)cc2[N+](=O)[O-])n1. The number of benzene rings is 1. The predicted octanol–water partition coefficient (Wildman–Crippen LogP) is 2.63. The Morgan fingerprint density at radius 1 is 1.41 bits per heavy atom. The molecule has 12 heteroatoms. The molecule has 29 heavy (non-hydrogen) atoms. The molecule has 0 radical (unpaired) electrons. The molecule has 1 aliphatic rings. The van der Waals surface area contributed by atoms with Crippen molar-refractivity contribution in [3.05, 3.63) is 50.6 Å². The van der Waals surface area contributed by atoms with E-state index >= 15 is 0 Å². The van der Waals surface area contributed by atoms with Crippen LogP contribution in [0.5, 0.6) is 0 Å². The largest absolute Gasteiger partial charge is 0.307 e. The highest BCUT2D eigenvalue weighted by atomic mass is 32.2. The van der Waals surface area contributed by atoms with Gasteiger partial charge >= 0.3 is 0 Å². The Hall–Kier alpha value is -3.01. The van der Waals surface area contributed by atoms with Crippen molar-refractivity contribution in [3.8, 4) is 6.07 Å². The van der Waals surface area contributed by atoms with Gasteiger partial charge < -0.3 is 5.43 Å². The number of aryl methyl sites for hydroxylation is 1. The summed E-state index contributed by atoms with van der Waals surface area (Å²) in [6.45, 7) is 2.63. The molecule has 0 spiro atoms. The number of nitriles is 1. The molecule has 0 bridgehead atoms. The number of allylic oxidation sites excluding steroid dienone is 1. The average Bonchev–Trinajstić information content (AvgIpc) is 3.37. The van der Waals surface area contributed by atoms with Gasteiger partial charge in [-0.05, 0) is 31.9 Å². The summed E-state index contributed by atoms with van der Waals surface area (Å²) in [4.78, 5) is 14.9. The first-order valence-corrected chi connectivity index (χ1v) is 11.0. The van der Waals surface area contributed by atoms with E-state index < -0.39 is 20.6 Å². The number of thiazole rings is 1. The van der Waals surface area contributed by atoms with Crippen LogP contribution in [0.2, 0.25) is 0 Å². The van der Waals surface area contributed by atoms with Gasteiger partial charge in [0.15, 0.2) is 0 Å². The predicted molar refractivity (Wildman–Crippen MR) is 108 cm³/mol. The number of hydrazine groups is 1. The number of hydrogen-bond acceptors (Lipinski definition) is 9. The lowest BCUT2D eigenvalue weighted by atomic mass is 10.3. The van der Waals surface area contributed by atoms with Crippen molar-refractivity contribution in [3.63, 3.8) is 0 Å². The smallest absolute Gasteiger partial charge is 0.295 e. The first kappa shape index (κ1) is 20.7. The van der Waals surface area contributed by atoms with E-state index in [-0.39, 0.29) is 16.2 Å². The molecule has 0 unspecified atom stereocenters. The molecule has 1 fully saturated rings. The van der Waals surface area contributed by atoms with Gasteiger partial charge in [-0.15, -0.1) is 11.3 Å². The van der Waals surface area contributed by atoms with E-state index in [0.717, 1.165) is 24.6 Å². The second-order valence-corrected chi connectivity index (χ2v) is 9.08. The summed E-state index contributed by atoms with van der Waals surface area (Å²) in [6, 6.07) is 5.69.